The molecule has 1 N–H and O–H groups in total. The molecule has 0 saturated heterocycles. The van der Waals surface area contributed by atoms with Crippen LogP contribution in [-0.2, 0) is 0 Å². The van der Waals surface area contributed by atoms with Gasteiger partial charge in [-0.25, -0.2) is 4.79 Å². The van der Waals surface area contributed by atoms with Crippen molar-refractivity contribution in [1.29, 1.82) is 0 Å². The minimum atomic E-state index is -1.19. The van der Waals surface area contributed by atoms with Gasteiger partial charge in [0.15, 0.2) is 0 Å². The molecule has 12 heavy (non-hydrogen) atoms. The highest BCUT2D eigenvalue weighted by molar-refractivity contribution is 9.10. The van der Waals surface area contributed by atoms with E-state index in [1.165, 1.54) is 6.07 Å². The van der Waals surface area contributed by atoms with E-state index in [2.05, 4.69) is 15.9 Å². The number of carboxylic acid groups (broad SMARTS) is 1. The van der Waals surface area contributed by atoms with Crippen LogP contribution in [0, 0.1) is 6.92 Å². The summed E-state index contributed by atoms with van der Waals surface area (Å²) in [5.74, 6) is -1.62. The summed E-state index contributed by atoms with van der Waals surface area (Å²) in [5, 5.41) is 19.8. The van der Waals surface area contributed by atoms with E-state index in [1.807, 2.05) is 0 Å². The molecule has 0 fully saturated rings. The predicted molar refractivity (Wildman–Crippen MR) is 45.3 cm³/mol. The zero-order valence-corrected chi connectivity index (χ0v) is 7.88. The van der Waals surface area contributed by atoms with Crippen LogP contribution in [0.2, 0.25) is 0 Å². The molecule has 64 valence electrons. The van der Waals surface area contributed by atoms with E-state index in [1.54, 1.807) is 13.0 Å². The number of carbonyl (C=O) groups is 1. The predicted octanol–water partition coefficient (Wildman–Crippen LogP) is 1.53. The van der Waals surface area contributed by atoms with Crippen LogP contribution in [0.15, 0.2) is 16.6 Å². The largest absolute Gasteiger partial charge is 0.872 e. The van der Waals surface area contributed by atoms with Gasteiger partial charge in [0, 0.05) is 4.47 Å². The quantitative estimate of drug-likeness (QED) is 0.795. The van der Waals surface area contributed by atoms with Gasteiger partial charge in [-0.2, -0.15) is 0 Å². The molecule has 0 radical (unpaired) electrons. The van der Waals surface area contributed by atoms with Gasteiger partial charge in [-0.05, 0) is 19.1 Å². The Morgan fingerprint density at radius 3 is 2.67 bits per heavy atom. The number of hydrogen-bond acceptors (Lipinski definition) is 2. The first kappa shape index (κ1) is 9.06. The molecule has 0 aromatic heterocycles. The van der Waals surface area contributed by atoms with Crippen molar-refractivity contribution in [2.45, 2.75) is 6.92 Å². The van der Waals surface area contributed by atoms with Crippen molar-refractivity contribution in [3.8, 4) is 5.75 Å². The fourth-order valence-electron chi connectivity index (χ4n) is 0.889. The highest BCUT2D eigenvalue weighted by Crippen LogP contribution is 2.24. The maximum absolute atomic E-state index is 11.2. The summed E-state index contributed by atoms with van der Waals surface area (Å²) in [6.45, 7) is 1.58. The van der Waals surface area contributed by atoms with E-state index in [0.717, 1.165) is 0 Å². The Morgan fingerprint density at radius 2 is 2.17 bits per heavy atom. The Balaban J connectivity index is 3.37. The van der Waals surface area contributed by atoms with Gasteiger partial charge in [-0.15, -0.1) is 0 Å². The third-order valence-electron chi connectivity index (χ3n) is 1.47. The second kappa shape index (κ2) is 3.15. The minimum absolute atomic E-state index is 0.193. The van der Waals surface area contributed by atoms with Gasteiger partial charge in [0.2, 0.25) is 0 Å². The molecular weight excluding hydrogens is 224 g/mol. The summed E-state index contributed by atoms with van der Waals surface area (Å²) in [6.07, 6.45) is 0. The molecule has 0 aliphatic carbocycles. The van der Waals surface area contributed by atoms with Crippen LogP contribution >= 0.6 is 15.9 Å². The average Bonchev–Trinajstić information content (AvgIpc) is 1.96. The zero-order chi connectivity index (χ0) is 9.30. The highest BCUT2D eigenvalue weighted by atomic mass is 79.9. The first-order chi connectivity index (χ1) is 5.52. The Hall–Kier alpha value is -1.03. The van der Waals surface area contributed by atoms with Crippen molar-refractivity contribution < 1.29 is 15.0 Å². The van der Waals surface area contributed by atoms with Crippen molar-refractivity contribution in [3.63, 3.8) is 0 Å². The van der Waals surface area contributed by atoms with Gasteiger partial charge in [-0.1, -0.05) is 27.2 Å². The molecule has 1 aromatic carbocycles. The Bertz CT molecular complexity index is 333. The molecule has 0 amide bonds. The first-order valence-corrected chi connectivity index (χ1v) is 4.02. The lowest BCUT2D eigenvalue weighted by molar-refractivity contribution is -0.269. The second-order valence-corrected chi connectivity index (χ2v) is 3.32. The molecule has 1 rings (SSSR count). The molecule has 1 aromatic rings. The standard InChI is InChI=1S/C8H7BrO3/c1-4-2-5(9)3-6(7(4)10)8(11)12/h2-3,10H,1H3,(H,11,12)/p-1. The van der Waals surface area contributed by atoms with Crippen LogP contribution in [0.5, 0.6) is 5.75 Å². The van der Waals surface area contributed by atoms with E-state index < -0.39 is 11.7 Å². The van der Waals surface area contributed by atoms with Crippen LogP contribution in [-0.4, -0.2) is 11.1 Å². The number of rotatable bonds is 1. The fourth-order valence-corrected chi connectivity index (χ4v) is 1.46. The molecule has 4 heteroatoms. The molecule has 0 saturated carbocycles. The van der Waals surface area contributed by atoms with Crippen LogP contribution in [0.1, 0.15) is 15.9 Å². The molecule has 0 aliphatic heterocycles. The van der Waals surface area contributed by atoms with Crippen molar-refractivity contribution >= 4 is 21.9 Å². The van der Waals surface area contributed by atoms with Crippen molar-refractivity contribution in [2.24, 2.45) is 0 Å². The highest BCUT2D eigenvalue weighted by Gasteiger charge is 2.05. The van der Waals surface area contributed by atoms with Crippen LogP contribution < -0.4 is 5.11 Å². The molecule has 0 aliphatic rings. The van der Waals surface area contributed by atoms with Gasteiger partial charge in [-0.3, -0.25) is 0 Å². The fraction of sp³-hybridized carbons (Fsp3) is 0.125. The van der Waals surface area contributed by atoms with Crippen molar-refractivity contribution in [3.05, 3.63) is 27.7 Å². The van der Waals surface area contributed by atoms with Crippen LogP contribution in [0.4, 0.5) is 0 Å². The first-order valence-electron chi connectivity index (χ1n) is 3.23. The monoisotopic (exact) mass is 229 g/mol. The van der Waals surface area contributed by atoms with E-state index in [9.17, 15) is 9.90 Å². The zero-order valence-electron chi connectivity index (χ0n) is 6.30. The van der Waals surface area contributed by atoms with E-state index in [4.69, 9.17) is 5.11 Å². The Morgan fingerprint density at radius 1 is 1.58 bits per heavy atom. The molecule has 0 spiro atoms. The van der Waals surface area contributed by atoms with Gasteiger partial charge < -0.3 is 10.2 Å². The number of halogens is 1. The van der Waals surface area contributed by atoms with Crippen molar-refractivity contribution in [1.82, 2.24) is 0 Å². The summed E-state index contributed by atoms with van der Waals surface area (Å²) < 4.78 is 0.608. The van der Waals surface area contributed by atoms with Crippen molar-refractivity contribution in [2.75, 3.05) is 0 Å². The van der Waals surface area contributed by atoms with Gasteiger partial charge in [0.1, 0.15) is 0 Å². The molecule has 3 nitrogen and oxygen atoms in total. The molecule has 0 heterocycles. The maximum Gasteiger partial charge on any atom is 0.335 e. The maximum atomic E-state index is 11.2. The molecular formula is C8H6BrO3-. The second-order valence-electron chi connectivity index (χ2n) is 2.40. The lowest BCUT2D eigenvalue weighted by Crippen LogP contribution is -2.05. The van der Waals surface area contributed by atoms with Crippen LogP contribution in [0.3, 0.4) is 0 Å². The lowest BCUT2D eigenvalue weighted by atomic mass is 10.1. The average molecular weight is 230 g/mol. The number of aromatic carboxylic acids is 1. The minimum Gasteiger partial charge on any atom is -0.872 e. The van der Waals surface area contributed by atoms with Gasteiger partial charge in [0.25, 0.3) is 0 Å². The van der Waals surface area contributed by atoms with Crippen LogP contribution in [0.25, 0.3) is 0 Å². The summed E-state index contributed by atoms with van der Waals surface area (Å²) in [7, 11) is 0. The number of aryl methyl sites for hydroxylation is 1. The molecule has 0 unspecified atom stereocenters. The summed E-state index contributed by atoms with van der Waals surface area (Å²) in [5.41, 5.74) is 0.239. The summed E-state index contributed by atoms with van der Waals surface area (Å²) in [4.78, 5) is 10.5. The number of hydrogen-bond donors (Lipinski definition) is 1. The lowest BCUT2D eigenvalue weighted by Gasteiger charge is -2.13. The number of carboxylic acids is 1. The summed E-state index contributed by atoms with van der Waals surface area (Å²) in [6, 6.07) is 2.90. The molecule has 0 bridgehead atoms. The number of benzene rings is 1. The van der Waals surface area contributed by atoms with Gasteiger partial charge >= 0.3 is 5.97 Å². The third kappa shape index (κ3) is 1.58. The van der Waals surface area contributed by atoms with E-state index in [-0.39, 0.29) is 5.56 Å². The SMILES string of the molecule is Cc1cc(Br)cc(C(=O)O)c1[O-]. The Labute approximate surface area is 77.8 Å². The normalized spacial score (nSPS) is 9.83. The third-order valence-corrected chi connectivity index (χ3v) is 1.93. The Kier molecular flexibility index (Phi) is 2.38. The topological polar surface area (TPSA) is 60.4 Å². The smallest absolute Gasteiger partial charge is 0.335 e. The van der Waals surface area contributed by atoms with E-state index in [0.29, 0.717) is 10.0 Å². The summed E-state index contributed by atoms with van der Waals surface area (Å²) >= 11 is 3.11. The molecule has 0 atom stereocenters. The van der Waals surface area contributed by atoms with Gasteiger partial charge in [0.05, 0.1) is 5.56 Å². The van der Waals surface area contributed by atoms with E-state index >= 15 is 0 Å².